The van der Waals surface area contributed by atoms with Crippen LogP contribution in [0.4, 0.5) is 0 Å². The fraction of sp³-hybridized carbons (Fsp3) is 0.231. The van der Waals surface area contributed by atoms with Gasteiger partial charge in [-0.25, -0.2) is 0 Å². The third kappa shape index (κ3) is 2.99. The minimum atomic E-state index is -1.03. The molecule has 0 unspecified atom stereocenters. The Hall–Kier alpha value is -2.72. The first kappa shape index (κ1) is 13.7. The number of fused-ring (bicyclic) bond motifs is 1. The molecule has 1 aromatic heterocycles. The minimum Gasteiger partial charge on any atom is -0.480 e. The summed E-state index contributed by atoms with van der Waals surface area (Å²) in [6.07, 6.45) is 5.18. The highest BCUT2D eigenvalue weighted by Crippen LogP contribution is 2.03. The zero-order valence-electron chi connectivity index (χ0n) is 10.6. The molecule has 20 heavy (non-hydrogen) atoms. The molecule has 0 bridgehead atoms. The van der Waals surface area contributed by atoms with Gasteiger partial charge in [0.2, 0.25) is 0 Å². The van der Waals surface area contributed by atoms with Crippen LogP contribution in [0.1, 0.15) is 0 Å². The Kier molecular flexibility index (Phi) is 4.08. The second-order valence-electron chi connectivity index (χ2n) is 4.14. The topological polar surface area (TPSA) is 88.3 Å². The summed E-state index contributed by atoms with van der Waals surface area (Å²) in [5.74, 6) is 1.32. The van der Waals surface area contributed by atoms with Crippen LogP contribution in [-0.4, -0.2) is 44.1 Å². The molecule has 2 rings (SSSR count). The molecular formula is C13H12N4O3. The number of rotatable bonds is 5. The van der Waals surface area contributed by atoms with Crippen LogP contribution < -0.4 is 5.56 Å². The van der Waals surface area contributed by atoms with Gasteiger partial charge in [0, 0.05) is 0 Å². The predicted molar refractivity (Wildman–Crippen MR) is 71.8 cm³/mol. The number of benzene rings is 1. The molecule has 2 aromatic rings. The van der Waals surface area contributed by atoms with Crippen molar-refractivity contribution in [2.24, 2.45) is 0 Å². The SMILES string of the molecule is C#CCN(CC(=O)O)Cn1nnc2ccccc2c1=O. The van der Waals surface area contributed by atoms with Crippen LogP contribution in [0.2, 0.25) is 0 Å². The Balaban J connectivity index is 2.33. The third-order valence-corrected chi connectivity index (χ3v) is 2.64. The van der Waals surface area contributed by atoms with Crippen LogP contribution >= 0.6 is 0 Å². The maximum absolute atomic E-state index is 12.2. The zero-order valence-corrected chi connectivity index (χ0v) is 10.6. The maximum atomic E-state index is 12.2. The summed E-state index contributed by atoms with van der Waals surface area (Å²) in [4.78, 5) is 24.3. The molecule has 1 heterocycles. The van der Waals surface area contributed by atoms with E-state index in [2.05, 4.69) is 16.2 Å². The van der Waals surface area contributed by atoms with Crippen molar-refractivity contribution in [3.8, 4) is 12.3 Å². The van der Waals surface area contributed by atoms with E-state index in [0.717, 1.165) is 4.68 Å². The van der Waals surface area contributed by atoms with E-state index >= 15 is 0 Å². The lowest BCUT2D eigenvalue weighted by Crippen LogP contribution is -2.37. The lowest BCUT2D eigenvalue weighted by atomic mass is 10.2. The molecule has 102 valence electrons. The van der Waals surface area contributed by atoms with E-state index in [-0.39, 0.29) is 25.3 Å². The van der Waals surface area contributed by atoms with Crippen molar-refractivity contribution in [3.05, 3.63) is 34.6 Å². The van der Waals surface area contributed by atoms with Gasteiger partial charge in [-0.2, -0.15) is 4.68 Å². The number of hydrogen-bond acceptors (Lipinski definition) is 5. The van der Waals surface area contributed by atoms with E-state index in [4.69, 9.17) is 11.5 Å². The monoisotopic (exact) mass is 272 g/mol. The molecule has 0 aliphatic rings. The molecule has 0 radical (unpaired) electrons. The standard InChI is InChI=1S/C13H12N4O3/c1-2-7-16(8-12(18)19)9-17-13(20)10-5-3-4-6-11(10)14-15-17/h1,3-6H,7-9H2,(H,18,19). The molecule has 0 spiro atoms. The van der Waals surface area contributed by atoms with Gasteiger partial charge < -0.3 is 5.11 Å². The molecule has 0 aliphatic carbocycles. The summed E-state index contributed by atoms with van der Waals surface area (Å²) in [5, 5.41) is 16.9. The highest BCUT2D eigenvalue weighted by molar-refractivity contribution is 5.76. The number of hydrogen-bond donors (Lipinski definition) is 1. The molecule has 0 atom stereocenters. The molecule has 7 heteroatoms. The van der Waals surface area contributed by atoms with Crippen LogP contribution in [0, 0.1) is 12.3 Å². The van der Waals surface area contributed by atoms with Crippen LogP contribution in [0.3, 0.4) is 0 Å². The van der Waals surface area contributed by atoms with Crippen molar-refractivity contribution >= 4 is 16.9 Å². The van der Waals surface area contributed by atoms with Gasteiger partial charge in [0.1, 0.15) is 5.52 Å². The number of carboxylic acid groups (broad SMARTS) is 1. The van der Waals surface area contributed by atoms with Gasteiger partial charge in [-0.1, -0.05) is 23.3 Å². The Morgan fingerprint density at radius 2 is 2.20 bits per heavy atom. The molecule has 0 saturated carbocycles. The third-order valence-electron chi connectivity index (χ3n) is 2.64. The van der Waals surface area contributed by atoms with Gasteiger partial charge >= 0.3 is 5.97 Å². The van der Waals surface area contributed by atoms with Gasteiger partial charge in [0.15, 0.2) is 0 Å². The number of aromatic nitrogens is 3. The minimum absolute atomic E-state index is 0.0207. The van der Waals surface area contributed by atoms with E-state index in [9.17, 15) is 9.59 Å². The molecular weight excluding hydrogens is 260 g/mol. The Labute approximate surface area is 114 Å². The van der Waals surface area contributed by atoms with Crippen molar-refractivity contribution in [3.63, 3.8) is 0 Å². The lowest BCUT2D eigenvalue weighted by molar-refractivity contribution is -0.138. The van der Waals surface area contributed by atoms with Crippen molar-refractivity contribution in [1.29, 1.82) is 0 Å². The van der Waals surface area contributed by atoms with E-state index in [1.54, 1.807) is 24.3 Å². The average Bonchev–Trinajstić information content (AvgIpc) is 2.42. The second kappa shape index (κ2) is 5.95. The molecule has 0 aliphatic heterocycles. The van der Waals surface area contributed by atoms with Crippen molar-refractivity contribution < 1.29 is 9.90 Å². The number of nitrogens with zero attached hydrogens (tertiary/aromatic N) is 4. The highest BCUT2D eigenvalue weighted by atomic mass is 16.4. The van der Waals surface area contributed by atoms with Crippen LogP contribution in [-0.2, 0) is 11.5 Å². The zero-order chi connectivity index (χ0) is 14.5. The molecule has 0 amide bonds. The number of terminal acetylenes is 1. The Morgan fingerprint density at radius 3 is 2.90 bits per heavy atom. The van der Waals surface area contributed by atoms with Crippen molar-refractivity contribution in [1.82, 2.24) is 19.9 Å². The Bertz CT molecular complexity index is 732. The highest BCUT2D eigenvalue weighted by Gasteiger charge is 2.12. The average molecular weight is 272 g/mol. The van der Waals surface area contributed by atoms with Gasteiger partial charge in [0.25, 0.3) is 5.56 Å². The summed E-state index contributed by atoms with van der Waals surface area (Å²) in [7, 11) is 0. The van der Waals surface area contributed by atoms with Gasteiger partial charge in [-0.3, -0.25) is 14.5 Å². The first-order valence-electron chi connectivity index (χ1n) is 5.82. The largest absolute Gasteiger partial charge is 0.480 e. The van der Waals surface area contributed by atoms with E-state index in [1.165, 1.54) is 4.90 Å². The summed E-state index contributed by atoms with van der Waals surface area (Å²) >= 11 is 0. The van der Waals surface area contributed by atoms with Gasteiger partial charge in [-0.05, 0) is 12.1 Å². The summed E-state index contributed by atoms with van der Waals surface area (Å²) in [6, 6.07) is 6.82. The molecule has 1 aromatic carbocycles. The van der Waals surface area contributed by atoms with Gasteiger partial charge in [0.05, 0.1) is 25.1 Å². The molecule has 7 nitrogen and oxygen atoms in total. The maximum Gasteiger partial charge on any atom is 0.317 e. The quantitative estimate of drug-likeness (QED) is 0.756. The molecule has 1 N–H and O–H groups in total. The molecule has 0 saturated heterocycles. The fourth-order valence-electron chi connectivity index (χ4n) is 1.78. The van der Waals surface area contributed by atoms with E-state index in [0.29, 0.717) is 10.9 Å². The Morgan fingerprint density at radius 1 is 1.45 bits per heavy atom. The van der Waals surface area contributed by atoms with E-state index < -0.39 is 5.97 Å². The number of aliphatic carboxylic acids is 1. The summed E-state index contributed by atoms with van der Waals surface area (Å²) < 4.78 is 1.10. The van der Waals surface area contributed by atoms with Crippen molar-refractivity contribution in [2.45, 2.75) is 6.67 Å². The van der Waals surface area contributed by atoms with Crippen LogP contribution in [0.25, 0.3) is 10.9 Å². The second-order valence-corrected chi connectivity index (χ2v) is 4.14. The van der Waals surface area contributed by atoms with Crippen LogP contribution in [0.5, 0.6) is 0 Å². The number of carboxylic acids is 1. The lowest BCUT2D eigenvalue weighted by Gasteiger charge is -2.17. The predicted octanol–water partition coefficient (Wildman–Crippen LogP) is -0.231. The number of carbonyl (C=O) groups is 1. The smallest absolute Gasteiger partial charge is 0.317 e. The molecule has 0 fully saturated rings. The summed E-state index contributed by atoms with van der Waals surface area (Å²) in [5.41, 5.74) is 0.165. The van der Waals surface area contributed by atoms with Gasteiger partial charge in [-0.15, -0.1) is 11.5 Å². The van der Waals surface area contributed by atoms with E-state index in [1.807, 2.05) is 0 Å². The first-order chi connectivity index (χ1) is 9.61. The fourth-order valence-corrected chi connectivity index (χ4v) is 1.78. The summed E-state index contributed by atoms with van der Waals surface area (Å²) in [6.45, 7) is -0.189. The normalized spacial score (nSPS) is 10.6. The first-order valence-corrected chi connectivity index (χ1v) is 5.82. The van der Waals surface area contributed by atoms with Crippen LogP contribution in [0.15, 0.2) is 29.1 Å². The van der Waals surface area contributed by atoms with Crippen molar-refractivity contribution in [2.75, 3.05) is 13.1 Å².